The molecule has 0 saturated carbocycles. The van der Waals surface area contributed by atoms with Crippen molar-refractivity contribution in [2.75, 3.05) is 38.2 Å². The van der Waals surface area contributed by atoms with Crippen LogP contribution in [-0.4, -0.2) is 64.4 Å². The Morgan fingerprint density at radius 3 is 3.00 bits per heavy atom. The van der Waals surface area contributed by atoms with Crippen molar-refractivity contribution in [1.29, 1.82) is 0 Å². The molecule has 0 radical (unpaired) electrons. The molecule has 1 fully saturated rings. The van der Waals surface area contributed by atoms with E-state index in [2.05, 4.69) is 29.1 Å². The van der Waals surface area contributed by atoms with E-state index in [1.807, 2.05) is 4.90 Å². The van der Waals surface area contributed by atoms with Crippen LogP contribution in [0.4, 0.5) is 5.13 Å². The monoisotopic (exact) mass is 301 g/mol. The largest absolute Gasteiger partial charge is 0.374 e. The van der Waals surface area contributed by atoms with Gasteiger partial charge in [-0.25, -0.2) is 0 Å². The van der Waals surface area contributed by atoms with E-state index in [1.54, 1.807) is 0 Å². The van der Waals surface area contributed by atoms with Crippen LogP contribution in [0.3, 0.4) is 0 Å². The van der Waals surface area contributed by atoms with Gasteiger partial charge in [-0.15, -0.1) is 10.2 Å². The van der Waals surface area contributed by atoms with Crippen LogP contribution >= 0.6 is 23.1 Å². The number of carbonyl (C=O) groups is 1. The third-order valence-corrected chi connectivity index (χ3v) is 4.98. The molecular weight excluding hydrogens is 282 g/mol. The van der Waals surface area contributed by atoms with E-state index < -0.39 is 0 Å². The van der Waals surface area contributed by atoms with E-state index in [0.717, 1.165) is 30.4 Å². The number of nitrogens with zero attached hydrogens (tertiary/aromatic N) is 4. The van der Waals surface area contributed by atoms with Gasteiger partial charge in [0.2, 0.25) is 11.0 Å². The van der Waals surface area contributed by atoms with Crippen LogP contribution in [0.15, 0.2) is 4.34 Å². The average molecular weight is 301 g/mol. The number of amides is 1. The highest BCUT2D eigenvalue weighted by Crippen LogP contribution is 2.24. The number of anilines is 1. The first-order chi connectivity index (χ1) is 9.06. The number of nitrogen functional groups attached to an aromatic ring is 1. The number of hydrogen-bond acceptors (Lipinski definition) is 7. The van der Waals surface area contributed by atoms with Gasteiger partial charge in [-0.3, -0.25) is 4.79 Å². The SMILES string of the molecule is CC1CN(C)CCCN1C(=O)CSc1nnc(N)s1. The molecule has 2 rings (SSSR count). The minimum absolute atomic E-state index is 0.168. The van der Waals surface area contributed by atoms with Gasteiger partial charge in [0, 0.05) is 19.1 Å². The summed E-state index contributed by atoms with van der Waals surface area (Å²) in [5, 5.41) is 8.10. The first-order valence-electron chi connectivity index (χ1n) is 6.26. The lowest BCUT2D eigenvalue weighted by molar-refractivity contribution is -0.130. The van der Waals surface area contributed by atoms with Crippen LogP contribution in [0.25, 0.3) is 0 Å². The molecule has 0 spiro atoms. The Labute approximate surface area is 121 Å². The maximum Gasteiger partial charge on any atom is 0.233 e. The fourth-order valence-electron chi connectivity index (χ4n) is 2.23. The lowest BCUT2D eigenvalue weighted by Crippen LogP contribution is -2.42. The smallest absolute Gasteiger partial charge is 0.233 e. The highest BCUT2D eigenvalue weighted by atomic mass is 32.2. The maximum atomic E-state index is 12.3. The molecule has 0 aromatic carbocycles. The van der Waals surface area contributed by atoms with Gasteiger partial charge in [-0.1, -0.05) is 23.1 Å². The molecule has 2 N–H and O–H groups in total. The summed E-state index contributed by atoms with van der Waals surface area (Å²) in [4.78, 5) is 16.5. The number of nitrogens with two attached hydrogens (primary N) is 1. The summed E-state index contributed by atoms with van der Waals surface area (Å²) < 4.78 is 0.755. The topological polar surface area (TPSA) is 75.3 Å². The van der Waals surface area contributed by atoms with Crippen LogP contribution in [0.1, 0.15) is 13.3 Å². The van der Waals surface area contributed by atoms with Crippen LogP contribution in [0.5, 0.6) is 0 Å². The van der Waals surface area contributed by atoms with Crippen molar-refractivity contribution in [3.8, 4) is 0 Å². The maximum absolute atomic E-state index is 12.3. The molecule has 1 atom stereocenters. The standard InChI is InChI=1S/C11H19N5OS2/c1-8-6-15(2)4-3-5-16(8)9(17)7-18-11-14-13-10(12)19-11/h8H,3-7H2,1-2H3,(H2,12,13). The normalized spacial score (nSPS) is 21.4. The van der Waals surface area contributed by atoms with Crippen LogP contribution in [0, 0.1) is 0 Å². The minimum Gasteiger partial charge on any atom is -0.374 e. The predicted molar refractivity (Wildman–Crippen MR) is 78.3 cm³/mol. The van der Waals surface area contributed by atoms with Gasteiger partial charge >= 0.3 is 0 Å². The lowest BCUT2D eigenvalue weighted by atomic mass is 10.3. The molecule has 6 nitrogen and oxygen atoms in total. The number of thioether (sulfide) groups is 1. The molecule has 2 heterocycles. The van der Waals surface area contributed by atoms with E-state index in [4.69, 9.17) is 5.73 Å². The van der Waals surface area contributed by atoms with Gasteiger partial charge < -0.3 is 15.5 Å². The summed E-state index contributed by atoms with van der Waals surface area (Å²) >= 11 is 2.73. The van der Waals surface area contributed by atoms with E-state index >= 15 is 0 Å². The zero-order valence-electron chi connectivity index (χ0n) is 11.2. The summed E-state index contributed by atoms with van der Waals surface area (Å²) in [6, 6.07) is 0.264. The summed E-state index contributed by atoms with van der Waals surface area (Å²) in [5.74, 6) is 0.574. The summed E-state index contributed by atoms with van der Waals surface area (Å²) in [6.07, 6.45) is 1.03. The Morgan fingerprint density at radius 2 is 2.32 bits per heavy atom. The van der Waals surface area contributed by atoms with Gasteiger partial charge in [0.05, 0.1) is 5.75 Å². The molecule has 0 bridgehead atoms. The van der Waals surface area contributed by atoms with Crippen LogP contribution in [0.2, 0.25) is 0 Å². The molecule has 0 aliphatic carbocycles. The molecule has 1 aromatic heterocycles. The zero-order valence-corrected chi connectivity index (χ0v) is 12.8. The summed E-state index contributed by atoms with van der Waals surface area (Å²) in [5.41, 5.74) is 5.52. The summed E-state index contributed by atoms with van der Waals surface area (Å²) in [7, 11) is 2.10. The van der Waals surface area contributed by atoms with Gasteiger partial charge in [-0.05, 0) is 26.9 Å². The molecule has 19 heavy (non-hydrogen) atoms. The Hall–Kier alpha value is -0.860. The fourth-order valence-corrected chi connectivity index (χ4v) is 3.75. The number of hydrogen-bond donors (Lipinski definition) is 1. The van der Waals surface area contributed by atoms with Gasteiger partial charge in [-0.2, -0.15) is 0 Å². The van der Waals surface area contributed by atoms with Gasteiger partial charge in [0.1, 0.15) is 0 Å². The number of likely N-dealkylation sites (N-methyl/N-ethyl adjacent to an activating group) is 1. The molecule has 1 aliphatic rings. The molecule has 1 aromatic rings. The second kappa shape index (κ2) is 6.53. The molecule has 1 amide bonds. The number of rotatable bonds is 3. The zero-order chi connectivity index (χ0) is 13.8. The third kappa shape index (κ3) is 4.05. The van der Waals surface area contributed by atoms with Crippen molar-refractivity contribution in [3.63, 3.8) is 0 Å². The average Bonchev–Trinajstić information content (AvgIpc) is 2.69. The third-order valence-electron chi connectivity index (χ3n) is 3.11. The van der Waals surface area contributed by atoms with E-state index in [0.29, 0.717) is 10.9 Å². The first kappa shape index (κ1) is 14.5. The Morgan fingerprint density at radius 1 is 1.53 bits per heavy atom. The van der Waals surface area contributed by atoms with Crippen LogP contribution < -0.4 is 5.73 Å². The van der Waals surface area contributed by atoms with Crippen molar-refractivity contribution in [2.24, 2.45) is 0 Å². The molecular formula is C11H19N5OS2. The van der Waals surface area contributed by atoms with Crippen molar-refractivity contribution < 1.29 is 4.79 Å². The Balaban J connectivity index is 1.88. The van der Waals surface area contributed by atoms with Crippen LogP contribution in [-0.2, 0) is 4.79 Å². The Kier molecular flexibility index (Phi) is 5.00. The van der Waals surface area contributed by atoms with Crippen molar-refractivity contribution in [1.82, 2.24) is 20.0 Å². The minimum atomic E-state index is 0.168. The second-order valence-electron chi connectivity index (χ2n) is 4.75. The van der Waals surface area contributed by atoms with Crippen molar-refractivity contribution in [3.05, 3.63) is 0 Å². The highest BCUT2D eigenvalue weighted by molar-refractivity contribution is 8.01. The quantitative estimate of drug-likeness (QED) is 0.831. The van der Waals surface area contributed by atoms with E-state index in [1.165, 1.54) is 23.1 Å². The molecule has 1 saturated heterocycles. The molecule has 1 aliphatic heterocycles. The number of aromatic nitrogens is 2. The van der Waals surface area contributed by atoms with E-state index in [9.17, 15) is 4.79 Å². The van der Waals surface area contributed by atoms with Gasteiger partial charge in [0.15, 0.2) is 4.34 Å². The number of carbonyl (C=O) groups excluding carboxylic acids is 1. The molecule has 8 heteroatoms. The molecule has 1 unspecified atom stereocenters. The first-order valence-corrected chi connectivity index (χ1v) is 8.06. The fraction of sp³-hybridized carbons (Fsp3) is 0.727. The highest BCUT2D eigenvalue weighted by Gasteiger charge is 2.24. The summed E-state index contributed by atoms with van der Waals surface area (Å²) in [6.45, 7) is 4.92. The molecule has 106 valence electrons. The van der Waals surface area contributed by atoms with Crippen molar-refractivity contribution >= 4 is 34.1 Å². The Bertz CT molecular complexity index is 438. The van der Waals surface area contributed by atoms with Crippen molar-refractivity contribution in [2.45, 2.75) is 23.7 Å². The lowest BCUT2D eigenvalue weighted by Gasteiger charge is -2.27. The second-order valence-corrected chi connectivity index (χ2v) is 6.98. The van der Waals surface area contributed by atoms with Gasteiger partial charge in [0.25, 0.3) is 0 Å². The predicted octanol–water partition coefficient (Wildman–Crippen LogP) is 0.765. The van der Waals surface area contributed by atoms with E-state index in [-0.39, 0.29) is 11.9 Å².